The Morgan fingerprint density at radius 3 is 1.71 bits per heavy atom. The van der Waals surface area contributed by atoms with Gasteiger partial charge in [0.05, 0.1) is 12.2 Å². The van der Waals surface area contributed by atoms with Crippen molar-refractivity contribution < 1.29 is 33.3 Å². The fourth-order valence-electron chi connectivity index (χ4n) is 2.44. The first-order valence-corrected chi connectivity index (χ1v) is 6.93. The Labute approximate surface area is 123 Å². The maximum absolute atomic E-state index is 11.3. The molecule has 1 rings (SSSR count). The second kappa shape index (κ2) is 7.40. The van der Waals surface area contributed by atoms with E-state index in [-0.39, 0.29) is 0 Å². The van der Waals surface area contributed by atoms with Gasteiger partial charge in [0.2, 0.25) is 0 Å². The van der Waals surface area contributed by atoms with Crippen molar-refractivity contribution in [1.29, 1.82) is 0 Å². The van der Waals surface area contributed by atoms with Gasteiger partial charge in [-0.1, -0.05) is 6.92 Å². The summed E-state index contributed by atoms with van der Waals surface area (Å²) in [5.41, 5.74) is 0. The molecule has 120 valence electrons. The summed E-state index contributed by atoms with van der Waals surface area (Å²) >= 11 is 0. The fraction of sp³-hybridized carbons (Fsp3) is 0.786. The third kappa shape index (κ3) is 4.70. The van der Waals surface area contributed by atoms with E-state index in [9.17, 15) is 14.4 Å². The van der Waals surface area contributed by atoms with Crippen molar-refractivity contribution in [3.8, 4) is 0 Å². The van der Waals surface area contributed by atoms with Crippen molar-refractivity contribution in [1.82, 2.24) is 0 Å². The van der Waals surface area contributed by atoms with E-state index in [2.05, 4.69) is 0 Å². The van der Waals surface area contributed by atoms with Crippen LogP contribution in [0.3, 0.4) is 0 Å². The van der Waals surface area contributed by atoms with E-state index in [1.807, 2.05) is 6.92 Å². The second-order valence-corrected chi connectivity index (χ2v) is 5.01. The molecule has 0 aromatic heterocycles. The number of carbonyl (C=O) groups is 3. The molecule has 7 nitrogen and oxygen atoms in total. The van der Waals surface area contributed by atoms with Gasteiger partial charge in [-0.3, -0.25) is 14.4 Å². The Morgan fingerprint density at radius 2 is 1.29 bits per heavy atom. The minimum atomic E-state index is -0.885. The topological polar surface area (TPSA) is 88.1 Å². The van der Waals surface area contributed by atoms with E-state index in [0.29, 0.717) is 6.42 Å². The van der Waals surface area contributed by atoms with E-state index < -0.39 is 48.4 Å². The van der Waals surface area contributed by atoms with Crippen molar-refractivity contribution >= 4 is 17.9 Å². The average molecular weight is 302 g/mol. The molecule has 21 heavy (non-hydrogen) atoms. The third-order valence-electron chi connectivity index (χ3n) is 3.17. The second-order valence-electron chi connectivity index (χ2n) is 5.01. The molecule has 0 saturated carbocycles. The van der Waals surface area contributed by atoms with Crippen LogP contribution in [0.25, 0.3) is 0 Å². The van der Waals surface area contributed by atoms with Crippen LogP contribution in [0.5, 0.6) is 0 Å². The summed E-state index contributed by atoms with van der Waals surface area (Å²) in [6.45, 7) is 7.35. The lowest BCUT2D eigenvalue weighted by Gasteiger charge is -2.43. The molecule has 3 unspecified atom stereocenters. The molecule has 0 radical (unpaired) electrons. The normalized spacial score (nSPS) is 32.1. The summed E-state index contributed by atoms with van der Waals surface area (Å²) in [6.07, 6.45) is -2.86. The molecule has 1 heterocycles. The van der Waals surface area contributed by atoms with Crippen molar-refractivity contribution in [2.45, 2.75) is 71.6 Å². The summed E-state index contributed by atoms with van der Waals surface area (Å²) in [7, 11) is 0. The van der Waals surface area contributed by atoms with Gasteiger partial charge in [0, 0.05) is 20.8 Å². The largest absolute Gasteiger partial charge is 0.456 e. The van der Waals surface area contributed by atoms with Gasteiger partial charge in [0.1, 0.15) is 0 Å². The number of rotatable bonds is 4. The van der Waals surface area contributed by atoms with Crippen LogP contribution in [0, 0.1) is 0 Å². The van der Waals surface area contributed by atoms with Gasteiger partial charge in [0.15, 0.2) is 18.3 Å². The average Bonchev–Trinajstić information content (AvgIpc) is 2.35. The molecular weight excluding hydrogens is 280 g/mol. The predicted octanol–water partition coefficient (Wildman–Crippen LogP) is 0.979. The highest BCUT2D eigenvalue weighted by Crippen LogP contribution is 2.29. The van der Waals surface area contributed by atoms with Gasteiger partial charge >= 0.3 is 17.9 Å². The van der Waals surface area contributed by atoms with E-state index >= 15 is 0 Å². The molecule has 0 amide bonds. The monoisotopic (exact) mass is 302 g/mol. The van der Waals surface area contributed by atoms with E-state index in [1.165, 1.54) is 20.8 Å². The lowest BCUT2D eigenvalue weighted by molar-refractivity contribution is -0.243. The summed E-state index contributed by atoms with van der Waals surface area (Å²) in [6, 6.07) is 0. The Hall–Kier alpha value is -1.63. The van der Waals surface area contributed by atoms with Crippen LogP contribution >= 0.6 is 0 Å². The first-order valence-electron chi connectivity index (χ1n) is 6.93. The van der Waals surface area contributed by atoms with Gasteiger partial charge in [-0.25, -0.2) is 0 Å². The van der Waals surface area contributed by atoms with Gasteiger partial charge in [-0.15, -0.1) is 0 Å². The minimum absolute atomic E-state index is 0.431. The molecule has 1 aliphatic rings. The van der Waals surface area contributed by atoms with Gasteiger partial charge in [-0.2, -0.15) is 0 Å². The van der Waals surface area contributed by atoms with Crippen molar-refractivity contribution in [3.63, 3.8) is 0 Å². The van der Waals surface area contributed by atoms with Crippen molar-refractivity contribution in [2.24, 2.45) is 0 Å². The number of ether oxygens (including phenoxy) is 4. The molecule has 1 saturated heterocycles. The highest BCUT2D eigenvalue weighted by Gasteiger charge is 2.49. The van der Waals surface area contributed by atoms with Crippen LogP contribution in [-0.4, -0.2) is 48.4 Å². The van der Waals surface area contributed by atoms with Gasteiger partial charge in [-0.05, 0) is 13.3 Å². The van der Waals surface area contributed by atoms with Gasteiger partial charge in [0.25, 0.3) is 0 Å². The van der Waals surface area contributed by atoms with Crippen LogP contribution < -0.4 is 0 Å². The Bertz CT molecular complexity index is 406. The highest BCUT2D eigenvalue weighted by atomic mass is 16.6. The summed E-state index contributed by atoms with van der Waals surface area (Å²) in [5.74, 6) is -1.59. The summed E-state index contributed by atoms with van der Waals surface area (Å²) in [5, 5.41) is 0. The van der Waals surface area contributed by atoms with Crippen LogP contribution in [0.15, 0.2) is 0 Å². The lowest BCUT2D eigenvalue weighted by Crippen LogP contribution is -2.60. The molecule has 1 aliphatic heterocycles. The summed E-state index contributed by atoms with van der Waals surface area (Å²) < 4.78 is 21.4. The first kappa shape index (κ1) is 17.4. The molecule has 0 aliphatic carbocycles. The van der Waals surface area contributed by atoms with E-state index in [4.69, 9.17) is 18.9 Å². The zero-order valence-corrected chi connectivity index (χ0v) is 13.0. The number of esters is 3. The van der Waals surface area contributed by atoms with Gasteiger partial charge < -0.3 is 18.9 Å². The van der Waals surface area contributed by atoms with Crippen LogP contribution in [0.4, 0.5) is 0 Å². The van der Waals surface area contributed by atoms with Crippen LogP contribution in [-0.2, 0) is 33.3 Å². The van der Waals surface area contributed by atoms with E-state index in [1.54, 1.807) is 6.92 Å². The molecule has 7 heteroatoms. The molecule has 0 bridgehead atoms. The molecule has 0 spiro atoms. The maximum atomic E-state index is 11.3. The standard InChI is InChI=1S/C14H22O7/c1-6-11-13(20-9(4)16)14(21-10(5)17)12(7(2)18-11)19-8(3)15/h7,11-14H,6H2,1-5H3/t7?,11?,12-,13+,14?/m1/s1. The Morgan fingerprint density at radius 1 is 0.857 bits per heavy atom. The maximum Gasteiger partial charge on any atom is 0.303 e. The molecule has 1 fully saturated rings. The quantitative estimate of drug-likeness (QED) is 0.565. The number of carbonyl (C=O) groups excluding carboxylic acids is 3. The van der Waals surface area contributed by atoms with Crippen LogP contribution in [0.1, 0.15) is 41.0 Å². The zero-order chi connectivity index (χ0) is 16.2. The number of hydrogen-bond donors (Lipinski definition) is 0. The zero-order valence-electron chi connectivity index (χ0n) is 13.0. The third-order valence-corrected chi connectivity index (χ3v) is 3.17. The predicted molar refractivity (Wildman–Crippen MR) is 71.3 cm³/mol. The Kier molecular flexibility index (Phi) is 6.14. The fourth-order valence-corrected chi connectivity index (χ4v) is 2.44. The number of hydrogen-bond acceptors (Lipinski definition) is 7. The summed E-state index contributed by atoms with van der Waals surface area (Å²) in [4.78, 5) is 33.9. The smallest absolute Gasteiger partial charge is 0.303 e. The SMILES string of the molecule is CCC1OC(C)[C@@H](OC(C)=O)C(OC(C)=O)[C@H]1OC(C)=O. The molecule has 0 N–H and O–H groups in total. The molecule has 5 atom stereocenters. The highest BCUT2D eigenvalue weighted by molar-refractivity contribution is 5.68. The van der Waals surface area contributed by atoms with Crippen molar-refractivity contribution in [2.75, 3.05) is 0 Å². The molecular formula is C14H22O7. The first-order chi connectivity index (χ1) is 9.76. The Balaban J connectivity index is 3.08. The van der Waals surface area contributed by atoms with E-state index in [0.717, 1.165) is 0 Å². The van der Waals surface area contributed by atoms with Crippen LogP contribution in [0.2, 0.25) is 0 Å². The molecule has 0 aromatic rings. The van der Waals surface area contributed by atoms with Crippen molar-refractivity contribution in [3.05, 3.63) is 0 Å². The lowest BCUT2D eigenvalue weighted by atomic mass is 9.93. The minimum Gasteiger partial charge on any atom is -0.456 e. The molecule has 0 aromatic carbocycles.